The molecular formula is C22H32N2O4. The van der Waals surface area contributed by atoms with Gasteiger partial charge in [0.25, 0.3) is 0 Å². The fourth-order valence-corrected chi connectivity index (χ4v) is 4.51. The summed E-state index contributed by atoms with van der Waals surface area (Å²) in [5, 5.41) is 3.10. The number of ether oxygens (including phenoxy) is 3. The van der Waals surface area contributed by atoms with E-state index in [4.69, 9.17) is 14.2 Å². The van der Waals surface area contributed by atoms with E-state index in [1.807, 2.05) is 17.0 Å². The first-order valence-electron chi connectivity index (χ1n) is 10.7. The molecule has 3 heterocycles. The minimum absolute atomic E-state index is 0.00338. The van der Waals surface area contributed by atoms with E-state index in [9.17, 15) is 4.79 Å². The second kappa shape index (κ2) is 9.14. The van der Waals surface area contributed by atoms with Crippen LogP contribution in [0.4, 0.5) is 4.79 Å². The average Bonchev–Trinajstić information content (AvgIpc) is 3.47. The van der Waals surface area contributed by atoms with Crippen molar-refractivity contribution in [3.8, 4) is 5.75 Å². The maximum absolute atomic E-state index is 12.8. The van der Waals surface area contributed by atoms with Crippen LogP contribution >= 0.6 is 0 Å². The molecule has 28 heavy (non-hydrogen) atoms. The fraction of sp³-hybridized carbons (Fsp3) is 0.682. The van der Waals surface area contributed by atoms with Crippen LogP contribution in [0.5, 0.6) is 5.75 Å². The normalized spacial score (nSPS) is 27.3. The van der Waals surface area contributed by atoms with Gasteiger partial charge in [-0.25, -0.2) is 4.79 Å². The van der Waals surface area contributed by atoms with E-state index in [1.54, 1.807) is 0 Å². The molecule has 0 aromatic heterocycles. The molecule has 3 aliphatic rings. The van der Waals surface area contributed by atoms with Crippen LogP contribution in [0.2, 0.25) is 0 Å². The number of nitrogens with one attached hydrogen (secondary N) is 1. The van der Waals surface area contributed by atoms with E-state index in [0.29, 0.717) is 13.2 Å². The van der Waals surface area contributed by atoms with Gasteiger partial charge < -0.3 is 24.4 Å². The lowest BCUT2D eigenvalue weighted by Gasteiger charge is -2.29. The third-order valence-corrected chi connectivity index (χ3v) is 6.06. The van der Waals surface area contributed by atoms with Gasteiger partial charge in [0.15, 0.2) is 0 Å². The molecule has 1 aromatic rings. The van der Waals surface area contributed by atoms with Crippen molar-refractivity contribution in [2.45, 2.75) is 70.2 Å². The minimum atomic E-state index is 0.00338. The molecule has 4 rings (SSSR count). The Morgan fingerprint density at radius 2 is 2.04 bits per heavy atom. The summed E-state index contributed by atoms with van der Waals surface area (Å²) in [5.41, 5.74) is 2.15. The highest BCUT2D eigenvalue weighted by molar-refractivity contribution is 5.75. The number of carbonyl (C=O) groups is 1. The van der Waals surface area contributed by atoms with Crippen LogP contribution in [0.1, 0.15) is 49.7 Å². The van der Waals surface area contributed by atoms with Crippen molar-refractivity contribution in [1.29, 1.82) is 0 Å². The number of amides is 2. The number of urea groups is 1. The van der Waals surface area contributed by atoms with Crippen LogP contribution in [0.15, 0.2) is 18.2 Å². The van der Waals surface area contributed by atoms with Crippen LogP contribution in [-0.4, -0.2) is 55.5 Å². The lowest BCUT2D eigenvalue weighted by Crippen LogP contribution is -2.47. The molecule has 2 amide bonds. The zero-order valence-corrected chi connectivity index (χ0v) is 16.8. The number of nitrogens with zero attached hydrogens (tertiary/aromatic N) is 1. The monoisotopic (exact) mass is 388 g/mol. The average molecular weight is 389 g/mol. The van der Waals surface area contributed by atoms with Crippen LogP contribution in [-0.2, 0) is 16.0 Å². The molecule has 154 valence electrons. The van der Waals surface area contributed by atoms with Gasteiger partial charge in [0.1, 0.15) is 12.4 Å². The summed E-state index contributed by atoms with van der Waals surface area (Å²) in [4.78, 5) is 14.8. The highest BCUT2D eigenvalue weighted by Crippen LogP contribution is 2.28. The molecule has 3 atom stereocenters. The van der Waals surface area contributed by atoms with E-state index in [0.717, 1.165) is 75.2 Å². The van der Waals surface area contributed by atoms with Crippen molar-refractivity contribution in [2.75, 3.05) is 26.4 Å². The molecule has 0 bridgehead atoms. The third-order valence-electron chi connectivity index (χ3n) is 6.06. The van der Waals surface area contributed by atoms with Crippen LogP contribution in [0.3, 0.4) is 0 Å². The van der Waals surface area contributed by atoms with Crippen molar-refractivity contribution < 1.29 is 19.0 Å². The van der Waals surface area contributed by atoms with Gasteiger partial charge >= 0.3 is 6.03 Å². The van der Waals surface area contributed by atoms with Gasteiger partial charge in [-0.3, -0.25) is 0 Å². The van der Waals surface area contributed by atoms with Crippen molar-refractivity contribution >= 4 is 6.03 Å². The lowest BCUT2D eigenvalue weighted by atomic mass is 10.1. The Balaban J connectivity index is 1.35. The van der Waals surface area contributed by atoms with Crippen LogP contribution in [0, 0.1) is 6.92 Å². The maximum Gasteiger partial charge on any atom is 0.318 e. The van der Waals surface area contributed by atoms with Crippen LogP contribution in [0.25, 0.3) is 0 Å². The topological polar surface area (TPSA) is 60.0 Å². The number of likely N-dealkylation sites (tertiary alicyclic amines) is 1. The van der Waals surface area contributed by atoms with E-state index in [1.165, 1.54) is 0 Å². The summed E-state index contributed by atoms with van der Waals surface area (Å²) in [6, 6.07) is 6.37. The summed E-state index contributed by atoms with van der Waals surface area (Å²) >= 11 is 0. The zero-order valence-electron chi connectivity index (χ0n) is 16.8. The Hall–Kier alpha value is -1.79. The van der Waals surface area contributed by atoms with Gasteiger partial charge in [0, 0.05) is 31.9 Å². The first kappa shape index (κ1) is 19.5. The molecule has 3 saturated heterocycles. The summed E-state index contributed by atoms with van der Waals surface area (Å²) in [6.07, 6.45) is 6.80. The lowest BCUT2D eigenvalue weighted by molar-refractivity contribution is 0.0520. The van der Waals surface area contributed by atoms with Gasteiger partial charge in [0.2, 0.25) is 0 Å². The number of benzene rings is 1. The van der Waals surface area contributed by atoms with Gasteiger partial charge in [-0.05, 0) is 57.1 Å². The standard InChI is InChI=1S/C22H32N2O4/c1-16-8-9-17(21(13-16)28-15-18-5-3-11-26-18)14-23-22(25)24-10-2-6-19(24)20-7-4-12-27-20/h8-9,13,18-20H,2-7,10-12,14-15H2,1H3,(H,23,25). The molecule has 0 saturated carbocycles. The molecule has 6 heteroatoms. The summed E-state index contributed by atoms with van der Waals surface area (Å²) in [6.45, 7) is 5.55. The summed E-state index contributed by atoms with van der Waals surface area (Å²) in [7, 11) is 0. The predicted octanol–water partition coefficient (Wildman–Crippen LogP) is 3.41. The number of rotatable bonds is 6. The highest BCUT2D eigenvalue weighted by Gasteiger charge is 2.36. The first-order valence-corrected chi connectivity index (χ1v) is 10.7. The van der Waals surface area contributed by atoms with E-state index >= 15 is 0 Å². The largest absolute Gasteiger partial charge is 0.491 e. The fourth-order valence-electron chi connectivity index (χ4n) is 4.51. The maximum atomic E-state index is 12.8. The number of hydrogen-bond acceptors (Lipinski definition) is 4. The van der Waals surface area contributed by atoms with Crippen LogP contribution < -0.4 is 10.1 Å². The van der Waals surface area contributed by atoms with Crippen molar-refractivity contribution in [3.63, 3.8) is 0 Å². The molecule has 0 aliphatic carbocycles. The first-order chi connectivity index (χ1) is 13.7. The molecule has 0 radical (unpaired) electrons. The summed E-state index contributed by atoms with van der Waals surface area (Å²) in [5.74, 6) is 0.841. The minimum Gasteiger partial charge on any atom is -0.491 e. The Bertz CT molecular complexity index is 669. The van der Waals surface area contributed by atoms with Gasteiger partial charge in [-0.1, -0.05) is 12.1 Å². The zero-order chi connectivity index (χ0) is 19.3. The molecular weight excluding hydrogens is 356 g/mol. The van der Waals surface area contributed by atoms with Crippen molar-refractivity contribution in [3.05, 3.63) is 29.3 Å². The highest BCUT2D eigenvalue weighted by atomic mass is 16.5. The molecule has 6 nitrogen and oxygen atoms in total. The molecule has 3 unspecified atom stereocenters. The molecule has 0 spiro atoms. The number of carbonyl (C=O) groups excluding carboxylic acids is 1. The second-order valence-electron chi connectivity index (χ2n) is 8.17. The molecule has 3 aliphatic heterocycles. The van der Waals surface area contributed by atoms with Gasteiger partial charge in [-0.15, -0.1) is 0 Å². The van der Waals surface area contributed by atoms with Crippen molar-refractivity contribution in [1.82, 2.24) is 10.2 Å². The van der Waals surface area contributed by atoms with E-state index in [-0.39, 0.29) is 24.3 Å². The van der Waals surface area contributed by atoms with Gasteiger partial charge in [0.05, 0.1) is 18.2 Å². The van der Waals surface area contributed by atoms with E-state index < -0.39 is 0 Å². The predicted molar refractivity (Wildman–Crippen MR) is 107 cm³/mol. The molecule has 1 N–H and O–H groups in total. The Morgan fingerprint density at radius 3 is 2.82 bits per heavy atom. The molecule has 3 fully saturated rings. The quantitative estimate of drug-likeness (QED) is 0.811. The second-order valence-corrected chi connectivity index (χ2v) is 8.17. The summed E-state index contributed by atoms with van der Waals surface area (Å²) < 4.78 is 17.5. The van der Waals surface area contributed by atoms with Gasteiger partial charge in [-0.2, -0.15) is 0 Å². The number of hydrogen-bond donors (Lipinski definition) is 1. The van der Waals surface area contributed by atoms with E-state index in [2.05, 4.69) is 18.3 Å². The Kier molecular flexibility index (Phi) is 6.37. The third kappa shape index (κ3) is 4.61. The number of aryl methyl sites for hydroxylation is 1. The van der Waals surface area contributed by atoms with Crippen molar-refractivity contribution in [2.24, 2.45) is 0 Å². The SMILES string of the molecule is Cc1ccc(CNC(=O)N2CCCC2C2CCCO2)c(OCC2CCCO2)c1. The smallest absolute Gasteiger partial charge is 0.318 e. The Morgan fingerprint density at radius 1 is 1.18 bits per heavy atom. The Labute approximate surface area is 167 Å². The molecule has 1 aromatic carbocycles.